The molecule has 0 amide bonds. The van der Waals surface area contributed by atoms with Gasteiger partial charge in [0.15, 0.2) is 5.58 Å². The number of hydrogen-bond acceptors (Lipinski definition) is 8. The van der Waals surface area contributed by atoms with Crippen LogP contribution in [0.3, 0.4) is 0 Å². The molecule has 2 aromatic rings. The molecule has 116 valence electrons. The lowest BCUT2D eigenvalue weighted by Gasteiger charge is -2.31. The van der Waals surface area contributed by atoms with Crippen LogP contribution in [0.4, 0.5) is 17.5 Å². The Morgan fingerprint density at radius 3 is 2.55 bits per heavy atom. The smallest absolute Gasteiger partial charge is 0.315 e. The summed E-state index contributed by atoms with van der Waals surface area (Å²) >= 11 is 0. The van der Waals surface area contributed by atoms with E-state index in [1.54, 1.807) is 0 Å². The normalized spacial score (nSPS) is 18.5. The van der Waals surface area contributed by atoms with Crippen LogP contribution in [0.2, 0.25) is 0 Å². The summed E-state index contributed by atoms with van der Waals surface area (Å²) in [6, 6.07) is 1.87. The van der Waals surface area contributed by atoms with Crippen LogP contribution in [0, 0.1) is 10.1 Å². The predicted molar refractivity (Wildman–Crippen MR) is 78.3 cm³/mol. The van der Waals surface area contributed by atoms with Gasteiger partial charge in [-0.05, 0) is 6.42 Å². The Labute approximate surface area is 125 Å². The molecule has 0 saturated carbocycles. The Bertz CT molecular complexity index is 721. The van der Waals surface area contributed by atoms with E-state index in [1.807, 2.05) is 9.80 Å². The highest BCUT2D eigenvalue weighted by Crippen LogP contribution is 2.33. The number of fused-ring (bicyclic) bond motifs is 1. The zero-order valence-electron chi connectivity index (χ0n) is 11.9. The topological polar surface area (TPSA) is 97.8 Å². The van der Waals surface area contributed by atoms with Gasteiger partial charge in [-0.3, -0.25) is 10.1 Å². The maximum Gasteiger partial charge on any atom is 0.315 e. The molecule has 2 aliphatic rings. The van der Waals surface area contributed by atoms with E-state index in [4.69, 9.17) is 9.15 Å². The van der Waals surface area contributed by atoms with Gasteiger partial charge in [0.1, 0.15) is 0 Å². The monoisotopic (exact) mass is 305 g/mol. The molecule has 0 bridgehead atoms. The lowest BCUT2D eigenvalue weighted by molar-refractivity contribution is -0.384. The van der Waals surface area contributed by atoms with Gasteiger partial charge in [-0.15, -0.1) is 0 Å². The number of hydrogen-bond donors (Lipinski definition) is 0. The molecule has 2 fully saturated rings. The van der Waals surface area contributed by atoms with E-state index in [1.165, 1.54) is 6.07 Å². The van der Waals surface area contributed by atoms with Crippen LogP contribution in [0.5, 0.6) is 0 Å². The molecule has 2 aliphatic heterocycles. The van der Waals surface area contributed by atoms with E-state index >= 15 is 0 Å². The lowest BCUT2D eigenvalue weighted by Crippen LogP contribution is -2.38. The molecule has 0 N–H and O–H groups in total. The van der Waals surface area contributed by atoms with Crippen molar-refractivity contribution >= 4 is 28.8 Å². The number of ether oxygens (including phenoxy) is 1. The summed E-state index contributed by atoms with van der Waals surface area (Å²) in [5.41, 5.74) is 0.725. The molecular formula is C13H15N5O4. The summed E-state index contributed by atoms with van der Waals surface area (Å²) in [6.07, 6.45) is 1.02. The molecule has 9 heteroatoms. The second-order valence-electron chi connectivity index (χ2n) is 5.35. The minimum absolute atomic E-state index is 0.0307. The Hall–Kier alpha value is -2.42. The van der Waals surface area contributed by atoms with Crippen molar-refractivity contribution in [2.75, 3.05) is 49.2 Å². The van der Waals surface area contributed by atoms with Crippen molar-refractivity contribution < 1.29 is 14.1 Å². The first-order valence-electron chi connectivity index (χ1n) is 7.26. The molecule has 0 atom stereocenters. The van der Waals surface area contributed by atoms with Gasteiger partial charge >= 0.3 is 5.69 Å². The summed E-state index contributed by atoms with van der Waals surface area (Å²) in [4.78, 5) is 23.4. The summed E-state index contributed by atoms with van der Waals surface area (Å²) in [6.45, 7) is 4.18. The summed E-state index contributed by atoms with van der Waals surface area (Å²) in [5.74, 6) is 0.380. The maximum atomic E-state index is 11.3. The quantitative estimate of drug-likeness (QED) is 0.616. The molecule has 0 radical (unpaired) electrons. The van der Waals surface area contributed by atoms with Crippen molar-refractivity contribution in [3.63, 3.8) is 0 Å². The number of rotatable bonds is 3. The summed E-state index contributed by atoms with van der Waals surface area (Å²) in [7, 11) is 0. The number of nitro groups is 1. The molecule has 2 saturated heterocycles. The highest BCUT2D eigenvalue weighted by atomic mass is 16.6. The van der Waals surface area contributed by atoms with Crippen LogP contribution in [-0.4, -0.2) is 54.3 Å². The van der Waals surface area contributed by atoms with Crippen molar-refractivity contribution in [2.45, 2.75) is 6.42 Å². The van der Waals surface area contributed by atoms with E-state index in [-0.39, 0.29) is 5.69 Å². The van der Waals surface area contributed by atoms with Gasteiger partial charge in [0, 0.05) is 26.2 Å². The SMILES string of the molecule is O=[N+]([O-])c1cc2oc(N3CCOCC3)nc2nc1N1CCC1. The Balaban J connectivity index is 1.76. The minimum atomic E-state index is -0.420. The number of oxazole rings is 1. The average molecular weight is 305 g/mol. The highest BCUT2D eigenvalue weighted by Gasteiger charge is 2.28. The van der Waals surface area contributed by atoms with Crippen molar-refractivity contribution in [1.82, 2.24) is 9.97 Å². The number of anilines is 2. The predicted octanol–water partition coefficient (Wildman–Crippen LogP) is 1.18. The maximum absolute atomic E-state index is 11.3. The Kier molecular flexibility index (Phi) is 3.07. The highest BCUT2D eigenvalue weighted by molar-refractivity contribution is 5.79. The molecule has 9 nitrogen and oxygen atoms in total. The molecule has 2 aromatic heterocycles. The first-order valence-corrected chi connectivity index (χ1v) is 7.26. The third-order valence-corrected chi connectivity index (χ3v) is 3.97. The van der Waals surface area contributed by atoms with E-state index in [0.717, 1.165) is 19.5 Å². The van der Waals surface area contributed by atoms with E-state index in [0.29, 0.717) is 49.4 Å². The molecule has 0 unspecified atom stereocenters. The van der Waals surface area contributed by atoms with Gasteiger partial charge in [0.2, 0.25) is 11.5 Å². The number of nitrogens with zero attached hydrogens (tertiary/aromatic N) is 5. The fourth-order valence-corrected chi connectivity index (χ4v) is 2.62. The summed E-state index contributed by atoms with van der Waals surface area (Å²) < 4.78 is 11.0. The van der Waals surface area contributed by atoms with E-state index in [2.05, 4.69) is 9.97 Å². The largest absolute Gasteiger partial charge is 0.421 e. The third-order valence-electron chi connectivity index (χ3n) is 3.97. The number of pyridine rings is 1. The Morgan fingerprint density at radius 2 is 1.91 bits per heavy atom. The van der Waals surface area contributed by atoms with Gasteiger partial charge in [-0.25, -0.2) is 4.98 Å². The standard InChI is InChI=1S/C13H15N5O4/c19-18(20)9-8-10-11(14-12(9)16-2-1-3-16)15-13(22-10)17-4-6-21-7-5-17/h8H,1-7H2. The van der Waals surface area contributed by atoms with Crippen LogP contribution in [-0.2, 0) is 4.74 Å². The molecule has 22 heavy (non-hydrogen) atoms. The zero-order chi connectivity index (χ0) is 15.1. The van der Waals surface area contributed by atoms with Crippen LogP contribution < -0.4 is 9.80 Å². The van der Waals surface area contributed by atoms with Gasteiger partial charge in [-0.1, -0.05) is 0 Å². The van der Waals surface area contributed by atoms with E-state index < -0.39 is 4.92 Å². The van der Waals surface area contributed by atoms with Crippen LogP contribution >= 0.6 is 0 Å². The van der Waals surface area contributed by atoms with Gasteiger partial charge < -0.3 is 19.0 Å². The zero-order valence-corrected chi connectivity index (χ0v) is 11.9. The second-order valence-corrected chi connectivity index (χ2v) is 5.35. The fraction of sp³-hybridized carbons (Fsp3) is 0.538. The van der Waals surface area contributed by atoms with Crippen LogP contribution in [0.1, 0.15) is 6.42 Å². The van der Waals surface area contributed by atoms with Crippen molar-refractivity contribution in [3.05, 3.63) is 16.2 Å². The first-order chi connectivity index (χ1) is 10.7. The fourth-order valence-electron chi connectivity index (χ4n) is 2.62. The number of aromatic nitrogens is 2. The Morgan fingerprint density at radius 1 is 1.14 bits per heavy atom. The molecule has 4 rings (SSSR count). The van der Waals surface area contributed by atoms with Crippen molar-refractivity contribution in [2.24, 2.45) is 0 Å². The van der Waals surface area contributed by atoms with E-state index in [9.17, 15) is 10.1 Å². The van der Waals surface area contributed by atoms with Gasteiger partial charge in [0.25, 0.3) is 6.01 Å². The lowest BCUT2D eigenvalue weighted by atomic mass is 10.2. The van der Waals surface area contributed by atoms with Crippen molar-refractivity contribution in [3.8, 4) is 0 Å². The molecule has 0 spiro atoms. The second kappa shape index (κ2) is 5.09. The number of morpholine rings is 1. The molecule has 0 aromatic carbocycles. The van der Waals surface area contributed by atoms with Crippen LogP contribution in [0.25, 0.3) is 11.2 Å². The van der Waals surface area contributed by atoms with Gasteiger partial charge in [-0.2, -0.15) is 4.98 Å². The summed E-state index contributed by atoms with van der Waals surface area (Å²) in [5, 5.41) is 11.3. The molecule has 0 aliphatic carbocycles. The van der Waals surface area contributed by atoms with Crippen LogP contribution in [0.15, 0.2) is 10.5 Å². The van der Waals surface area contributed by atoms with Gasteiger partial charge in [0.05, 0.1) is 24.2 Å². The molecule has 4 heterocycles. The minimum Gasteiger partial charge on any atom is -0.421 e. The third kappa shape index (κ3) is 2.13. The average Bonchev–Trinajstić information content (AvgIpc) is 2.88. The van der Waals surface area contributed by atoms with Crippen molar-refractivity contribution in [1.29, 1.82) is 0 Å². The first kappa shape index (κ1) is 13.3. The molecular weight excluding hydrogens is 290 g/mol.